The molecule has 0 fully saturated rings. The molecule has 0 radical (unpaired) electrons. The predicted molar refractivity (Wildman–Crippen MR) is 46.9 cm³/mol. The quantitative estimate of drug-likeness (QED) is 0.730. The van der Waals surface area contributed by atoms with Crippen LogP contribution in [-0.4, -0.2) is 8.42 Å². The maximum Gasteiger partial charge on any atom is 0.205 e. The van der Waals surface area contributed by atoms with Crippen molar-refractivity contribution in [1.29, 1.82) is 0 Å². The average molecular weight is 200 g/mol. The topological polar surface area (TPSA) is 58.9 Å². The lowest BCUT2D eigenvalue weighted by atomic mass is 10.3. The average Bonchev–Trinajstić information content (AvgIpc) is 2.06. The van der Waals surface area contributed by atoms with Crippen molar-refractivity contribution in [2.45, 2.75) is 0 Å². The molecule has 0 amide bonds. The second-order valence-electron chi connectivity index (χ2n) is 1.85. The third-order valence-electron chi connectivity index (χ3n) is 1.12. The van der Waals surface area contributed by atoms with Crippen LogP contribution in [0.2, 0.25) is 0 Å². The molecule has 0 heterocycles. The molecule has 0 atom stereocenters. The summed E-state index contributed by atoms with van der Waals surface area (Å²) in [4.78, 5) is 0. The number of nitrogens with zero attached hydrogens (tertiary/aromatic N) is 2. The molecule has 0 aliphatic heterocycles. The largest absolute Gasteiger partial charge is 0.205 e. The Kier molecular flexibility index (Phi) is 3.49. The van der Waals surface area contributed by atoms with E-state index in [1.54, 1.807) is 24.3 Å². The highest BCUT2D eigenvalue weighted by Crippen LogP contribution is 2.19. The van der Waals surface area contributed by atoms with Gasteiger partial charge in [-0.25, -0.2) is 0 Å². The Morgan fingerprint density at radius 2 is 1.50 bits per heavy atom. The lowest BCUT2D eigenvalue weighted by Gasteiger charge is -1.89. The minimum atomic E-state index is 0.130. The number of rotatable bonds is 2. The summed E-state index contributed by atoms with van der Waals surface area (Å²) in [6.07, 6.45) is 0. The Hall–Kier alpha value is -1.14. The maximum absolute atomic E-state index is 10.0. The first-order valence-electron chi connectivity index (χ1n) is 2.97. The molecule has 0 saturated heterocycles. The lowest BCUT2D eigenvalue weighted by Crippen LogP contribution is -1.63. The fourth-order valence-electron chi connectivity index (χ4n) is 0.693. The molecular weight excluding hydrogens is 196 g/mol. The zero-order valence-electron chi connectivity index (χ0n) is 5.84. The fraction of sp³-hybridized carbons (Fsp3) is 0. The van der Waals surface area contributed by atoms with E-state index >= 15 is 0 Å². The van der Waals surface area contributed by atoms with Crippen molar-refractivity contribution in [1.82, 2.24) is 0 Å². The Morgan fingerprint density at radius 3 is 1.92 bits per heavy atom. The van der Waals surface area contributed by atoms with Crippen LogP contribution in [0.25, 0.3) is 0 Å². The van der Waals surface area contributed by atoms with Crippen LogP contribution < -0.4 is 0 Å². The first-order valence-corrected chi connectivity index (χ1v) is 4.36. The maximum atomic E-state index is 10.0. The number of hydrogen-bond donors (Lipinski definition) is 0. The lowest BCUT2D eigenvalue weighted by molar-refractivity contribution is 0.697. The summed E-state index contributed by atoms with van der Waals surface area (Å²) < 4.78 is 27.1. The molecule has 62 valence electrons. The van der Waals surface area contributed by atoms with E-state index < -0.39 is 0 Å². The summed E-state index contributed by atoms with van der Waals surface area (Å²) in [7, 11) is 0. The van der Waals surface area contributed by atoms with Gasteiger partial charge < -0.3 is 0 Å². The van der Waals surface area contributed by atoms with Crippen molar-refractivity contribution in [3.05, 3.63) is 24.3 Å². The van der Waals surface area contributed by atoms with E-state index in [0.29, 0.717) is 11.4 Å². The molecular formula is C6H4N2O2S2. The third-order valence-corrected chi connectivity index (χ3v) is 1.69. The molecule has 0 unspecified atom stereocenters. The van der Waals surface area contributed by atoms with Gasteiger partial charge in [-0.1, -0.05) is 6.07 Å². The highest BCUT2D eigenvalue weighted by Gasteiger charge is 1.90. The third kappa shape index (κ3) is 2.48. The van der Waals surface area contributed by atoms with Gasteiger partial charge in [0.15, 0.2) is 0 Å². The first kappa shape index (κ1) is 8.95. The zero-order chi connectivity index (χ0) is 8.81. The van der Waals surface area contributed by atoms with Crippen molar-refractivity contribution in [2.75, 3.05) is 0 Å². The van der Waals surface area contributed by atoms with E-state index in [9.17, 15) is 8.42 Å². The molecule has 0 aliphatic carbocycles. The minimum absolute atomic E-state index is 0.130. The molecule has 1 aromatic carbocycles. The second kappa shape index (κ2) is 4.68. The van der Waals surface area contributed by atoms with Gasteiger partial charge in [-0.3, -0.25) is 0 Å². The Bertz CT molecular complexity index is 348. The summed E-state index contributed by atoms with van der Waals surface area (Å²) in [5, 5.41) is 0. The van der Waals surface area contributed by atoms with Gasteiger partial charge in [0.05, 0.1) is 11.4 Å². The van der Waals surface area contributed by atoms with Crippen LogP contribution in [0, 0.1) is 0 Å². The Morgan fingerprint density at radius 1 is 1.00 bits per heavy atom. The van der Waals surface area contributed by atoms with Crippen molar-refractivity contribution < 1.29 is 8.42 Å². The van der Waals surface area contributed by atoms with Crippen LogP contribution in [0.3, 0.4) is 0 Å². The van der Waals surface area contributed by atoms with Crippen LogP contribution in [-0.2, 0) is 22.9 Å². The molecule has 6 heteroatoms. The van der Waals surface area contributed by atoms with E-state index in [1.807, 2.05) is 0 Å². The molecule has 0 saturated carbocycles. The molecule has 4 nitrogen and oxygen atoms in total. The van der Waals surface area contributed by atoms with Gasteiger partial charge in [0, 0.05) is 0 Å². The van der Waals surface area contributed by atoms with Crippen LogP contribution in [0.1, 0.15) is 0 Å². The predicted octanol–water partition coefficient (Wildman–Crippen LogP) is 1.74. The monoisotopic (exact) mass is 200 g/mol. The van der Waals surface area contributed by atoms with Crippen molar-refractivity contribution in [3.63, 3.8) is 0 Å². The summed E-state index contributed by atoms with van der Waals surface area (Å²) in [5.74, 6) is 0. The first-order chi connectivity index (χ1) is 5.86. The van der Waals surface area contributed by atoms with Crippen LogP contribution in [0.4, 0.5) is 11.4 Å². The van der Waals surface area contributed by atoms with Gasteiger partial charge in [0.1, 0.15) is 0 Å². The molecule has 0 aromatic heterocycles. The van der Waals surface area contributed by atoms with Gasteiger partial charge in [-0.05, 0) is 18.2 Å². The van der Waals surface area contributed by atoms with Gasteiger partial charge in [0.2, 0.25) is 22.9 Å². The Labute approximate surface area is 76.1 Å². The second-order valence-corrected chi connectivity index (χ2v) is 2.51. The molecule has 0 spiro atoms. The fourth-order valence-corrected chi connectivity index (χ4v) is 1.09. The molecule has 1 aromatic rings. The van der Waals surface area contributed by atoms with Crippen molar-refractivity contribution >= 4 is 34.3 Å². The summed E-state index contributed by atoms with van der Waals surface area (Å²) >= 11 is 0.260. The summed E-state index contributed by atoms with van der Waals surface area (Å²) in [5.41, 5.74) is 1.04. The van der Waals surface area contributed by atoms with Gasteiger partial charge >= 0.3 is 0 Å². The molecule has 0 bridgehead atoms. The smallest absolute Gasteiger partial charge is 0.191 e. The molecule has 0 aliphatic rings. The van der Waals surface area contributed by atoms with Gasteiger partial charge in [-0.15, -0.1) is 0 Å². The highest BCUT2D eigenvalue weighted by atomic mass is 32.1. The molecule has 1 rings (SSSR count). The van der Waals surface area contributed by atoms with Gasteiger partial charge in [-0.2, -0.15) is 17.1 Å². The van der Waals surface area contributed by atoms with E-state index in [4.69, 9.17) is 0 Å². The number of hydrogen-bond acceptors (Lipinski definition) is 4. The van der Waals surface area contributed by atoms with Crippen LogP contribution >= 0.6 is 0 Å². The SMILES string of the molecule is O=S=Nc1cccc(N=S=O)c1. The van der Waals surface area contributed by atoms with Crippen molar-refractivity contribution in [2.24, 2.45) is 8.73 Å². The molecule has 12 heavy (non-hydrogen) atoms. The summed E-state index contributed by atoms with van der Waals surface area (Å²) in [6, 6.07) is 6.58. The van der Waals surface area contributed by atoms with Crippen LogP contribution in [0.5, 0.6) is 0 Å². The minimum Gasteiger partial charge on any atom is -0.191 e. The number of benzene rings is 1. The normalized spacial score (nSPS) is 8.67. The van der Waals surface area contributed by atoms with E-state index in [1.165, 1.54) is 0 Å². The highest BCUT2D eigenvalue weighted by molar-refractivity contribution is 7.55. The Balaban J connectivity index is 3.11. The molecule has 0 N–H and O–H groups in total. The standard InChI is InChI=1S/C6H4N2O2S2/c9-11-7-5-2-1-3-6(4-5)8-12-10/h1-4H. The summed E-state index contributed by atoms with van der Waals surface area (Å²) in [6.45, 7) is 0. The van der Waals surface area contributed by atoms with Crippen LogP contribution in [0.15, 0.2) is 33.0 Å². The van der Waals surface area contributed by atoms with E-state index in [0.717, 1.165) is 0 Å². The van der Waals surface area contributed by atoms with E-state index in [2.05, 4.69) is 8.73 Å². The zero-order valence-corrected chi connectivity index (χ0v) is 7.47. The van der Waals surface area contributed by atoms with E-state index in [-0.39, 0.29) is 22.9 Å². The van der Waals surface area contributed by atoms with Crippen molar-refractivity contribution in [3.8, 4) is 0 Å². The van der Waals surface area contributed by atoms with Gasteiger partial charge in [0.25, 0.3) is 0 Å².